The molecule has 3 aromatic rings. The average Bonchev–Trinajstić information content (AvgIpc) is 3.19. The Morgan fingerprint density at radius 3 is 2.71 bits per heavy atom. The number of aromatic nitrogens is 1. The Morgan fingerprint density at radius 2 is 2.03 bits per heavy atom. The number of aliphatic hydroxyl groups excluding tert-OH is 1. The van der Waals surface area contributed by atoms with Crippen molar-refractivity contribution in [3.05, 3.63) is 64.3 Å². The van der Waals surface area contributed by atoms with Gasteiger partial charge >= 0.3 is 6.09 Å². The van der Waals surface area contributed by atoms with Crippen molar-refractivity contribution >= 4 is 38.6 Å². The summed E-state index contributed by atoms with van der Waals surface area (Å²) in [6.07, 6.45) is -1.44. The summed E-state index contributed by atoms with van der Waals surface area (Å²) in [7, 11) is -3.39. The minimum Gasteiger partial charge on any atom is -0.491 e. The molecule has 11 heteroatoms. The number of ether oxygens (including phenoxy) is 1. The summed E-state index contributed by atoms with van der Waals surface area (Å²) >= 11 is 6.19. The summed E-state index contributed by atoms with van der Waals surface area (Å²) in [5.41, 5.74) is 3.54. The number of rotatable bonds is 8. The van der Waals surface area contributed by atoms with E-state index in [1.165, 1.54) is 11.8 Å². The second-order valence-electron chi connectivity index (χ2n) is 8.12. The van der Waals surface area contributed by atoms with Gasteiger partial charge in [-0.1, -0.05) is 23.7 Å². The quantitative estimate of drug-likeness (QED) is 0.370. The van der Waals surface area contributed by atoms with Crippen LogP contribution in [-0.2, 0) is 16.4 Å². The fraction of sp³-hybridized carbons (Fsp3) is 0.348. The summed E-state index contributed by atoms with van der Waals surface area (Å²) in [5, 5.41) is 21.4. The van der Waals surface area contributed by atoms with Gasteiger partial charge in [-0.25, -0.2) is 17.9 Å². The van der Waals surface area contributed by atoms with Crippen LogP contribution < -0.4 is 9.46 Å². The van der Waals surface area contributed by atoms with Crippen LogP contribution in [0.2, 0.25) is 5.02 Å². The van der Waals surface area contributed by atoms with Crippen molar-refractivity contribution in [2.45, 2.75) is 25.5 Å². The third-order valence-electron chi connectivity index (χ3n) is 5.89. The third-order valence-corrected chi connectivity index (χ3v) is 7.49. The Kier molecular flexibility index (Phi) is 7.04. The Labute approximate surface area is 202 Å². The van der Waals surface area contributed by atoms with Gasteiger partial charge in [0.25, 0.3) is 0 Å². The minimum absolute atomic E-state index is 0.0678. The molecule has 0 aliphatic carbocycles. The molecule has 2 heterocycles. The number of H-pyrrole nitrogens is 1. The number of nitrogens with one attached hydrogen (secondary N) is 2. The lowest BCUT2D eigenvalue weighted by Crippen LogP contribution is -2.39. The number of benzene rings is 2. The lowest BCUT2D eigenvalue weighted by Gasteiger charge is -2.34. The van der Waals surface area contributed by atoms with Crippen molar-refractivity contribution in [1.29, 1.82) is 0 Å². The van der Waals surface area contributed by atoms with Crippen molar-refractivity contribution in [2.75, 3.05) is 25.4 Å². The van der Waals surface area contributed by atoms with Crippen LogP contribution in [0.3, 0.4) is 0 Å². The number of carbonyl (C=O) groups is 1. The number of sulfonamides is 1. The summed E-state index contributed by atoms with van der Waals surface area (Å²) in [4.78, 5) is 16.8. The Bertz CT molecular complexity index is 1290. The van der Waals surface area contributed by atoms with Gasteiger partial charge in [-0.15, -0.1) is 0 Å². The van der Waals surface area contributed by atoms with E-state index < -0.39 is 28.3 Å². The summed E-state index contributed by atoms with van der Waals surface area (Å²) in [5.74, 6) is 0.407. The first-order chi connectivity index (χ1) is 16.2. The molecular weight excluding hydrogens is 482 g/mol. The number of hydrogen-bond donors (Lipinski definition) is 4. The number of fused-ring (bicyclic) bond motifs is 3. The molecule has 0 spiro atoms. The molecule has 34 heavy (non-hydrogen) atoms. The van der Waals surface area contributed by atoms with Gasteiger partial charge < -0.3 is 19.9 Å². The summed E-state index contributed by atoms with van der Waals surface area (Å²) < 4.78 is 30.8. The Morgan fingerprint density at radius 1 is 1.29 bits per heavy atom. The van der Waals surface area contributed by atoms with E-state index in [0.717, 1.165) is 27.7 Å². The van der Waals surface area contributed by atoms with Crippen LogP contribution in [0.15, 0.2) is 42.5 Å². The van der Waals surface area contributed by atoms with Crippen LogP contribution in [0.25, 0.3) is 10.9 Å². The van der Waals surface area contributed by atoms with Gasteiger partial charge in [0.05, 0.1) is 5.75 Å². The molecule has 2 aromatic carbocycles. The van der Waals surface area contributed by atoms with Gasteiger partial charge in [0.1, 0.15) is 24.5 Å². The number of aromatic amines is 1. The smallest absolute Gasteiger partial charge is 0.408 e. The standard InChI is InChI=1S/C23H26ClN3O6S/c1-2-34(31,32)25-12-16(28)13-33-17-6-3-14(4-7-17)22-21-18(9-10-27(22)23(29)30)19-11-15(24)5-8-20(19)26-21/h3-8,11,16,22,25-26,28H,2,9-10,12-13H2,1H3,(H,29,30). The second-order valence-corrected chi connectivity index (χ2v) is 10.7. The fourth-order valence-corrected chi connectivity index (χ4v) is 4.96. The molecule has 1 aliphatic heterocycles. The highest BCUT2D eigenvalue weighted by molar-refractivity contribution is 7.89. The van der Waals surface area contributed by atoms with Crippen LogP contribution in [0, 0.1) is 0 Å². The number of nitrogens with zero attached hydrogens (tertiary/aromatic N) is 1. The molecule has 0 radical (unpaired) electrons. The SMILES string of the molecule is CCS(=O)(=O)NCC(O)COc1ccc(C2c3[nH]c4ccc(Cl)cc4c3CCN2C(=O)O)cc1. The number of amides is 1. The van der Waals surface area contributed by atoms with Crippen LogP contribution in [0.5, 0.6) is 5.75 Å². The largest absolute Gasteiger partial charge is 0.491 e. The van der Waals surface area contributed by atoms with Crippen molar-refractivity contribution in [3.8, 4) is 5.75 Å². The number of hydrogen-bond acceptors (Lipinski definition) is 5. The van der Waals surface area contributed by atoms with E-state index in [1.807, 2.05) is 12.1 Å². The molecule has 0 saturated heterocycles. The molecule has 4 rings (SSSR count). The average molecular weight is 508 g/mol. The van der Waals surface area contributed by atoms with Gasteiger partial charge in [-0.3, -0.25) is 4.90 Å². The predicted molar refractivity (Wildman–Crippen MR) is 129 cm³/mol. The third kappa shape index (κ3) is 5.15. The monoisotopic (exact) mass is 507 g/mol. The Balaban J connectivity index is 1.53. The minimum atomic E-state index is -3.39. The van der Waals surface area contributed by atoms with Gasteiger partial charge in [0, 0.05) is 34.7 Å². The van der Waals surface area contributed by atoms with Crippen molar-refractivity contribution in [3.63, 3.8) is 0 Å². The molecule has 0 fully saturated rings. The highest BCUT2D eigenvalue weighted by Crippen LogP contribution is 2.39. The molecule has 4 N–H and O–H groups in total. The van der Waals surface area contributed by atoms with E-state index in [9.17, 15) is 23.4 Å². The number of halogens is 1. The second kappa shape index (κ2) is 9.83. The van der Waals surface area contributed by atoms with Crippen molar-refractivity contribution < 1.29 is 28.2 Å². The van der Waals surface area contributed by atoms with Crippen LogP contribution in [-0.4, -0.2) is 66.2 Å². The molecule has 1 aromatic heterocycles. The number of carboxylic acid groups (broad SMARTS) is 1. The highest BCUT2D eigenvalue weighted by Gasteiger charge is 2.34. The zero-order valence-corrected chi connectivity index (χ0v) is 20.1. The van der Waals surface area contributed by atoms with Crippen LogP contribution in [0.4, 0.5) is 4.79 Å². The zero-order valence-electron chi connectivity index (χ0n) is 18.5. The van der Waals surface area contributed by atoms with Crippen molar-refractivity contribution in [2.24, 2.45) is 0 Å². The summed E-state index contributed by atoms with van der Waals surface area (Å²) in [6.45, 7) is 1.63. The predicted octanol–water partition coefficient (Wildman–Crippen LogP) is 3.13. The van der Waals surface area contributed by atoms with Gasteiger partial charge in [-0.05, 0) is 54.8 Å². The van der Waals surface area contributed by atoms with Crippen LogP contribution >= 0.6 is 11.6 Å². The van der Waals surface area contributed by atoms with Gasteiger partial charge in [-0.2, -0.15) is 0 Å². The van der Waals surface area contributed by atoms with E-state index in [0.29, 0.717) is 23.7 Å². The molecule has 9 nitrogen and oxygen atoms in total. The normalized spacial score (nSPS) is 16.9. The molecule has 0 bridgehead atoms. The Hall–Kier alpha value is -2.79. The maximum atomic E-state index is 12.0. The van der Waals surface area contributed by atoms with Crippen molar-refractivity contribution in [1.82, 2.24) is 14.6 Å². The number of aliphatic hydroxyl groups is 1. The van der Waals surface area contributed by atoms with E-state index in [-0.39, 0.29) is 18.9 Å². The fourth-order valence-electron chi connectivity index (χ4n) is 4.14. The first-order valence-corrected chi connectivity index (χ1v) is 12.9. The van der Waals surface area contributed by atoms with Gasteiger partial charge in [0.15, 0.2) is 0 Å². The summed E-state index contributed by atoms with van der Waals surface area (Å²) in [6, 6.07) is 12.0. The van der Waals surface area contributed by atoms with E-state index in [1.54, 1.807) is 30.3 Å². The first-order valence-electron chi connectivity index (χ1n) is 10.9. The molecule has 1 aliphatic rings. The van der Waals surface area contributed by atoms with E-state index >= 15 is 0 Å². The zero-order chi connectivity index (χ0) is 24.5. The lowest BCUT2D eigenvalue weighted by atomic mass is 9.92. The topological polar surface area (TPSA) is 132 Å². The molecule has 2 unspecified atom stereocenters. The molecule has 182 valence electrons. The molecular formula is C23H26ClN3O6S. The molecule has 1 amide bonds. The maximum Gasteiger partial charge on any atom is 0.408 e. The lowest BCUT2D eigenvalue weighted by molar-refractivity contribution is 0.111. The van der Waals surface area contributed by atoms with Gasteiger partial charge in [0.2, 0.25) is 10.0 Å². The highest BCUT2D eigenvalue weighted by atomic mass is 35.5. The van der Waals surface area contributed by atoms with Crippen LogP contribution in [0.1, 0.15) is 29.8 Å². The molecule has 2 atom stereocenters. The first kappa shape index (κ1) is 24.3. The maximum absolute atomic E-state index is 12.0. The van der Waals surface area contributed by atoms with E-state index in [2.05, 4.69) is 9.71 Å². The molecule has 0 saturated carbocycles. The van der Waals surface area contributed by atoms with E-state index in [4.69, 9.17) is 16.3 Å².